The number of benzene rings is 2. The van der Waals surface area contributed by atoms with Crippen LogP contribution >= 0.6 is 0 Å². The Labute approximate surface area is 179 Å². The summed E-state index contributed by atoms with van der Waals surface area (Å²) in [6.45, 7) is 7.21. The van der Waals surface area contributed by atoms with E-state index in [9.17, 15) is 0 Å². The minimum Gasteiger partial charge on any atom is -0.494 e. The van der Waals surface area contributed by atoms with Crippen LogP contribution in [0.25, 0.3) is 0 Å². The van der Waals surface area contributed by atoms with Crippen molar-refractivity contribution in [2.75, 3.05) is 45.8 Å². The van der Waals surface area contributed by atoms with Crippen molar-refractivity contribution in [1.29, 1.82) is 0 Å². The zero-order chi connectivity index (χ0) is 21.8. The number of ether oxygens (including phenoxy) is 3. The molecule has 0 unspecified atom stereocenters. The SMILES string of the molecule is CCOc1ccc(OCC)c(NC(N)=NCc2ccc(OCCCN(C)C)cc2)c1. The molecule has 0 spiro atoms. The molecule has 0 aliphatic heterocycles. The molecule has 2 rings (SSSR count). The topological polar surface area (TPSA) is 81.3 Å². The second kappa shape index (κ2) is 12.6. The zero-order valence-electron chi connectivity index (χ0n) is 18.5. The van der Waals surface area contributed by atoms with Gasteiger partial charge in [-0.25, -0.2) is 4.99 Å². The average Bonchev–Trinajstić information content (AvgIpc) is 2.72. The highest BCUT2D eigenvalue weighted by Crippen LogP contribution is 2.29. The number of guanidine groups is 1. The van der Waals surface area contributed by atoms with Gasteiger partial charge in [-0.3, -0.25) is 0 Å². The number of aliphatic imine (C=N–C) groups is 1. The highest BCUT2D eigenvalue weighted by molar-refractivity contribution is 5.94. The minimum atomic E-state index is 0.314. The molecule has 0 amide bonds. The largest absolute Gasteiger partial charge is 0.494 e. The van der Waals surface area contributed by atoms with Crippen molar-refractivity contribution in [3.63, 3.8) is 0 Å². The van der Waals surface area contributed by atoms with Gasteiger partial charge in [0.25, 0.3) is 0 Å². The summed E-state index contributed by atoms with van der Waals surface area (Å²) in [5.74, 6) is 2.63. The standard InChI is InChI=1S/C23H34N4O3/c1-5-28-20-12-13-22(29-6-2)21(16-20)26-23(24)25-17-18-8-10-19(11-9-18)30-15-7-14-27(3)4/h8-13,16H,5-7,14-15,17H2,1-4H3,(H3,24,25,26). The van der Waals surface area contributed by atoms with Gasteiger partial charge in [-0.15, -0.1) is 0 Å². The zero-order valence-corrected chi connectivity index (χ0v) is 18.5. The van der Waals surface area contributed by atoms with Gasteiger partial charge in [0.15, 0.2) is 5.96 Å². The molecule has 0 aromatic heterocycles. The molecule has 2 aromatic rings. The summed E-state index contributed by atoms with van der Waals surface area (Å²) in [5, 5.41) is 3.11. The molecule has 2 aromatic carbocycles. The Hall–Kier alpha value is -2.93. The predicted octanol–water partition coefficient (Wildman–Crippen LogP) is 3.74. The lowest BCUT2D eigenvalue weighted by atomic mass is 10.2. The van der Waals surface area contributed by atoms with Gasteiger partial charge in [0.2, 0.25) is 0 Å². The number of hydrogen-bond acceptors (Lipinski definition) is 5. The van der Waals surface area contributed by atoms with E-state index < -0.39 is 0 Å². The maximum absolute atomic E-state index is 6.09. The van der Waals surface area contributed by atoms with Gasteiger partial charge in [0.05, 0.1) is 32.1 Å². The molecule has 0 bridgehead atoms. The molecule has 30 heavy (non-hydrogen) atoms. The molecular weight excluding hydrogens is 380 g/mol. The summed E-state index contributed by atoms with van der Waals surface area (Å²) in [4.78, 5) is 6.58. The number of hydrogen-bond donors (Lipinski definition) is 2. The minimum absolute atomic E-state index is 0.314. The van der Waals surface area contributed by atoms with Gasteiger partial charge in [0, 0.05) is 12.6 Å². The van der Waals surface area contributed by atoms with E-state index in [0.29, 0.717) is 38.1 Å². The number of nitrogens with two attached hydrogens (primary N) is 1. The molecular formula is C23H34N4O3. The Kier molecular flexibility index (Phi) is 9.80. The van der Waals surface area contributed by atoms with Crippen molar-refractivity contribution in [2.24, 2.45) is 10.7 Å². The molecule has 0 aliphatic carbocycles. The van der Waals surface area contributed by atoms with Crippen LogP contribution in [0.15, 0.2) is 47.5 Å². The molecule has 7 nitrogen and oxygen atoms in total. The lowest BCUT2D eigenvalue weighted by Gasteiger charge is -2.14. The second-order valence-corrected chi connectivity index (χ2v) is 7.00. The van der Waals surface area contributed by atoms with Gasteiger partial charge >= 0.3 is 0 Å². The van der Waals surface area contributed by atoms with E-state index >= 15 is 0 Å². The third-order valence-corrected chi connectivity index (χ3v) is 4.20. The van der Waals surface area contributed by atoms with Crippen molar-refractivity contribution in [3.8, 4) is 17.2 Å². The molecule has 7 heteroatoms. The molecule has 164 valence electrons. The summed E-state index contributed by atoms with van der Waals surface area (Å²) in [6.07, 6.45) is 0.996. The smallest absolute Gasteiger partial charge is 0.193 e. The lowest BCUT2D eigenvalue weighted by Crippen LogP contribution is -2.23. The summed E-state index contributed by atoms with van der Waals surface area (Å²) in [6, 6.07) is 13.5. The first-order chi connectivity index (χ1) is 14.5. The van der Waals surface area contributed by atoms with Gasteiger partial charge in [-0.1, -0.05) is 12.1 Å². The number of rotatable bonds is 12. The number of nitrogens with zero attached hydrogens (tertiary/aromatic N) is 2. The Morgan fingerprint density at radius 3 is 2.33 bits per heavy atom. The molecule has 0 saturated carbocycles. The first kappa shape index (κ1) is 23.3. The van der Waals surface area contributed by atoms with Crippen LogP contribution in [0.1, 0.15) is 25.8 Å². The maximum Gasteiger partial charge on any atom is 0.193 e. The Balaban J connectivity index is 1.92. The predicted molar refractivity (Wildman–Crippen MR) is 123 cm³/mol. The second-order valence-electron chi connectivity index (χ2n) is 7.00. The number of nitrogens with one attached hydrogen (secondary N) is 1. The van der Waals surface area contributed by atoms with Crippen LogP contribution in [-0.2, 0) is 6.54 Å². The highest BCUT2D eigenvalue weighted by Gasteiger charge is 2.07. The first-order valence-electron chi connectivity index (χ1n) is 10.3. The monoisotopic (exact) mass is 414 g/mol. The fourth-order valence-electron chi connectivity index (χ4n) is 2.76. The fraction of sp³-hybridized carbons (Fsp3) is 0.435. The molecule has 3 N–H and O–H groups in total. The highest BCUT2D eigenvalue weighted by atomic mass is 16.5. The van der Waals surface area contributed by atoms with Crippen LogP contribution in [-0.4, -0.2) is 51.3 Å². The molecule has 0 aliphatic rings. The van der Waals surface area contributed by atoms with Gasteiger partial charge in [-0.05, 0) is 64.2 Å². The fourth-order valence-corrected chi connectivity index (χ4v) is 2.76. The first-order valence-corrected chi connectivity index (χ1v) is 10.3. The number of anilines is 1. The van der Waals surface area contributed by atoms with Crippen molar-refractivity contribution < 1.29 is 14.2 Å². The Morgan fingerprint density at radius 1 is 0.967 bits per heavy atom. The normalized spacial score (nSPS) is 11.4. The van der Waals surface area contributed by atoms with E-state index in [2.05, 4.69) is 29.3 Å². The average molecular weight is 415 g/mol. The molecule has 0 fully saturated rings. The summed E-state index contributed by atoms with van der Waals surface area (Å²) in [7, 11) is 4.12. The third kappa shape index (κ3) is 8.21. The van der Waals surface area contributed by atoms with Gasteiger partial charge < -0.3 is 30.2 Å². The molecule has 0 saturated heterocycles. The van der Waals surface area contributed by atoms with E-state index in [0.717, 1.165) is 35.7 Å². The van der Waals surface area contributed by atoms with Gasteiger partial charge in [0.1, 0.15) is 17.2 Å². The van der Waals surface area contributed by atoms with Crippen molar-refractivity contribution in [3.05, 3.63) is 48.0 Å². The summed E-state index contributed by atoms with van der Waals surface area (Å²) < 4.78 is 17.0. The van der Waals surface area contributed by atoms with Gasteiger partial charge in [-0.2, -0.15) is 0 Å². The van der Waals surface area contributed by atoms with E-state index in [4.69, 9.17) is 19.9 Å². The van der Waals surface area contributed by atoms with Crippen LogP contribution in [0.2, 0.25) is 0 Å². The quantitative estimate of drug-likeness (QED) is 0.313. The van der Waals surface area contributed by atoms with Crippen LogP contribution in [0.4, 0.5) is 5.69 Å². The molecule has 0 radical (unpaired) electrons. The van der Waals surface area contributed by atoms with Crippen LogP contribution in [0, 0.1) is 0 Å². The van der Waals surface area contributed by atoms with Crippen LogP contribution < -0.4 is 25.3 Å². The Bertz CT molecular complexity index is 792. The van der Waals surface area contributed by atoms with Crippen molar-refractivity contribution in [1.82, 2.24) is 4.90 Å². The summed E-state index contributed by atoms with van der Waals surface area (Å²) >= 11 is 0. The van der Waals surface area contributed by atoms with Crippen LogP contribution in [0.3, 0.4) is 0 Å². The van der Waals surface area contributed by atoms with Crippen LogP contribution in [0.5, 0.6) is 17.2 Å². The van der Waals surface area contributed by atoms with E-state index in [1.807, 2.05) is 56.3 Å². The van der Waals surface area contributed by atoms with E-state index in [-0.39, 0.29) is 0 Å². The van der Waals surface area contributed by atoms with E-state index in [1.54, 1.807) is 0 Å². The maximum atomic E-state index is 6.09. The lowest BCUT2D eigenvalue weighted by molar-refractivity contribution is 0.281. The van der Waals surface area contributed by atoms with E-state index in [1.165, 1.54) is 0 Å². The summed E-state index contributed by atoms with van der Waals surface area (Å²) in [5.41, 5.74) is 7.87. The third-order valence-electron chi connectivity index (χ3n) is 4.20. The van der Waals surface area contributed by atoms with Crippen molar-refractivity contribution >= 4 is 11.6 Å². The molecule has 0 atom stereocenters. The molecule has 0 heterocycles. The van der Waals surface area contributed by atoms with Crippen molar-refractivity contribution in [2.45, 2.75) is 26.8 Å². The Morgan fingerprint density at radius 2 is 1.67 bits per heavy atom.